The van der Waals surface area contributed by atoms with Gasteiger partial charge in [-0.15, -0.1) is 0 Å². The number of pyridine rings is 1. The molecule has 2 saturated heterocycles. The molecule has 0 aliphatic carbocycles. The standard InChI is InChI=1S/C24H31N5O4.H3O4P/c1-16-11-18(12-25-22(16)31-2)28-8-4-21-20(14-28)23(27-15-26-21)33-19-3-7-29(13-19)24(30)17-5-9-32-10-6-17;1-5(2,3)4/h11-12,15,17,19H,3-10,13-14H2,1-2H3;(H3,1,2,3,4)/t19-;/m0./s1. The van der Waals surface area contributed by atoms with E-state index < -0.39 is 7.82 Å². The molecule has 1 atom stereocenters. The lowest BCUT2D eigenvalue weighted by Crippen LogP contribution is -2.38. The Balaban J connectivity index is 0.000000617. The summed E-state index contributed by atoms with van der Waals surface area (Å²) in [7, 11) is -3.01. The Hall–Kier alpha value is -2.83. The predicted octanol–water partition coefficient (Wildman–Crippen LogP) is 1.23. The Kier molecular flexibility index (Phi) is 9.16. The van der Waals surface area contributed by atoms with Crippen LogP contribution >= 0.6 is 7.82 Å². The third kappa shape index (κ3) is 7.39. The summed E-state index contributed by atoms with van der Waals surface area (Å²) >= 11 is 0. The van der Waals surface area contributed by atoms with Crippen LogP contribution in [0.5, 0.6) is 11.8 Å². The molecule has 38 heavy (non-hydrogen) atoms. The van der Waals surface area contributed by atoms with E-state index in [1.54, 1.807) is 13.4 Å². The van der Waals surface area contributed by atoms with Crippen molar-refractivity contribution < 1.29 is 38.3 Å². The van der Waals surface area contributed by atoms with E-state index in [2.05, 4.69) is 25.9 Å². The number of anilines is 1. The van der Waals surface area contributed by atoms with Crippen molar-refractivity contribution in [2.24, 2.45) is 5.92 Å². The van der Waals surface area contributed by atoms with Gasteiger partial charge in [-0.3, -0.25) is 4.79 Å². The van der Waals surface area contributed by atoms with E-state index in [1.807, 2.05) is 18.0 Å². The van der Waals surface area contributed by atoms with Crippen molar-refractivity contribution >= 4 is 19.4 Å². The zero-order valence-corrected chi connectivity index (χ0v) is 22.4. The molecule has 14 heteroatoms. The van der Waals surface area contributed by atoms with Crippen LogP contribution in [-0.4, -0.2) is 86.5 Å². The first-order chi connectivity index (χ1) is 18.1. The molecule has 0 unspecified atom stereocenters. The van der Waals surface area contributed by atoms with E-state index >= 15 is 0 Å². The highest BCUT2D eigenvalue weighted by Gasteiger charge is 2.34. The Morgan fingerprint density at radius 2 is 1.84 bits per heavy atom. The molecule has 13 nitrogen and oxygen atoms in total. The maximum Gasteiger partial charge on any atom is 0.466 e. The molecule has 3 N–H and O–H groups in total. The molecule has 0 aromatic carbocycles. The average molecular weight is 552 g/mol. The smallest absolute Gasteiger partial charge is 0.466 e. The summed E-state index contributed by atoms with van der Waals surface area (Å²) in [6, 6.07) is 2.10. The lowest BCUT2D eigenvalue weighted by Gasteiger charge is -2.31. The number of rotatable bonds is 5. The van der Waals surface area contributed by atoms with E-state index in [9.17, 15) is 4.79 Å². The van der Waals surface area contributed by atoms with Gasteiger partial charge in [-0.05, 0) is 25.8 Å². The maximum absolute atomic E-state index is 12.9. The Bertz CT molecular complexity index is 1160. The van der Waals surface area contributed by atoms with Gasteiger partial charge in [0.25, 0.3) is 0 Å². The molecule has 0 saturated carbocycles. The molecular weight excluding hydrogens is 517 g/mol. The molecule has 2 fully saturated rings. The molecule has 3 aliphatic rings. The van der Waals surface area contributed by atoms with Crippen LogP contribution in [0.2, 0.25) is 0 Å². The second kappa shape index (κ2) is 12.4. The molecule has 5 rings (SSSR count). The van der Waals surface area contributed by atoms with Gasteiger partial charge in [-0.1, -0.05) is 0 Å². The number of phosphoric acid groups is 1. The van der Waals surface area contributed by atoms with Gasteiger partial charge in [0.15, 0.2) is 0 Å². The van der Waals surface area contributed by atoms with Gasteiger partial charge in [0.05, 0.1) is 43.3 Å². The van der Waals surface area contributed by atoms with E-state index in [0.717, 1.165) is 61.3 Å². The molecular formula is C24H34N5O8P. The normalized spacial score (nSPS) is 19.9. The number of fused-ring (bicyclic) bond motifs is 1. The number of carbonyl (C=O) groups excluding carboxylic acids is 1. The Morgan fingerprint density at radius 1 is 1.11 bits per heavy atom. The highest BCUT2D eigenvalue weighted by atomic mass is 31.2. The van der Waals surface area contributed by atoms with Crippen LogP contribution in [0.3, 0.4) is 0 Å². The topological polar surface area (TPSA) is 168 Å². The molecule has 2 aromatic rings. The SMILES string of the molecule is COc1ncc(N2CCc3ncnc(O[C@H]4CCN(C(=O)C5CCOCC5)C4)c3C2)cc1C.O=P(O)(O)O. The van der Waals surface area contributed by atoms with Crippen molar-refractivity contribution in [3.63, 3.8) is 0 Å². The second-order valence-corrected chi connectivity index (χ2v) is 10.5. The van der Waals surface area contributed by atoms with Crippen molar-refractivity contribution in [2.75, 3.05) is 44.9 Å². The van der Waals surface area contributed by atoms with Crippen molar-refractivity contribution in [1.82, 2.24) is 19.9 Å². The number of methoxy groups -OCH3 is 1. The van der Waals surface area contributed by atoms with Crippen molar-refractivity contribution in [3.8, 4) is 11.8 Å². The number of carbonyl (C=O) groups is 1. The number of likely N-dealkylation sites (tertiary alicyclic amines) is 1. The van der Waals surface area contributed by atoms with Gasteiger partial charge < -0.3 is 38.7 Å². The average Bonchev–Trinajstić information content (AvgIpc) is 3.36. The quantitative estimate of drug-likeness (QED) is 0.455. The van der Waals surface area contributed by atoms with Crippen LogP contribution in [0.25, 0.3) is 0 Å². The maximum atomic E-state index is 12.9. The minimum atomic E-state index is -4.64. The van der Waals surface area contributed by atoms with Crippen LogP contribution < -0.4 is 14.4 Å². The van der Waals surface area contributed by atoms with Gasteiger partial charge >= 0.3 is 7.82 Å². The minimum Gasteiger partial charge on any atom is -0.481 e. The fourth-order valence-corrected chi connectivity index (χ4v) is 4.96. The highest BCUT2D eigenvalue weighted by Crippen LogP contribution is 2.31. The van der Waals surface area contributed by atoms with Crippen molar-refractivity contribution in [3.05, 3.63) is 35.4 Å². The summed E-state index contributed by atoms with van der Waals surface area (Å²) in [4.78, 5) is 52.1. The Labute approximate surface area is 221 Å². The first-order valence-corrected chi connectivity index (χ1v) is 14.1. The predicted molar refractivity (Wildman–Crippen MR) is 136 cm³/mol. The van der Waals surface area contributed by atoms with Crippen LogP contribution in [0.4, 0.5) is 5.69 Å². The molecule has 1 amide bonds. The number of ether oxygens (including phenoxy) is 3. The molecule has 5 heterocycles. The summed E-state index contributed by atoms with van der Waals surface area (Å²) in [6.45, 7) is 6.22. The minimum absolute atomic E-state index is 0.0481. The number of amides is 1. The third-order valence-electron chi connectivity index (χ3n) is 6.84. The van der Waals surface area contributed by atoms with E-state index in [1.165, 1.54) is 0 Å². The fraction of sp³-hybridized carbons (Fsp3) is 0.583. The number of hydrogen-bond acceptors (Lipinski definition) is 9. The van der Waals surface area contributed by atoms with Gasteiger partial charge in [0.2, 0.25) is 17.7 Å². The van der Waals surface area contributed by atoms with Crippen molar-refractivity contribution in [2.45, 2.75) is 45.3 Å². The van der Waals surface area contributed by atoms with Crippen molar-refractivity contribution in [1.29, 1.82) is 0 Å². The zero-order chi connectivity index (χ0) is 27.3. The van der Waals surface area contributed by atoms with Gasteiger partial charge in [0, 0.05) is 50.6 Å². The first-order valence-electron chi connectivity index (χ1n) is 12.5. The van der Waals surface area contributed by atoms with E-state index in [4.69, 9.17) is 33.5 Å². The number of nitrogens with zero attached hydrogens (tertiary/aromatic N) is 5. The summed E-state index contributed by atoms with van der Waals surface area (Å²) in [6.07, 6.45) is 6.65. The molecule has 0 bridgehead atoms. The molecule has 0 spiro atoms. The lowest BCUT2D eigenvalue weighted by molar-refractivity contribution is -0.137. The van der Waals surface area contributed by atoms with Gasteiger partial charge in [-0.25, -0.2) is 19.5 Å². The zero-order valence-electron chi connectivity index (χ0n) is 21.5. The van der Waals surface area contributed by atoms with Crippen LogP contribution in [0.1, 0.15) is 36.1 Å². The Morgan fingerprint density at radius 3 is 2.53 bits per heavy atom. The highest BCUT2D eigenvalue weighted by molar-refractivity contribution is 7.45. The first kappa shape index (κ1) is 28.2. The fourth-order valence-electron chi connectivity index (χ4n) is 4.96. The van der Waals surface area contributed by atoms with Crippen LogP contribution in [0, 0.1) is 12.8 Å². The monoisotopic (exact) mass is 551 g/mol. The van der Waals surface area contributed by atoms with Gasteiger partial charge in [0.1, 0.15) is 12.4 Å². The van der Waals surface area contributed by atoms with Crippen LogP contribution in [-0.2, 0) is 27.1 Å². The second-order valence-electron chi connectivity index (χ2n) is 9.51. The summed E-state index contributed by atoms with van der Waals surface area (Å²) < 4.78 is 25.9. The summed E-state index contributed by atoms with van der Waals surface area (Å²) in [5.74, 6) is 1.60. The summed E-state index contributed by atoms with van der Waals surface area (Å²) in [5, 5.41) is 0. The molecule has 208 valence electrons. The number of aryl methyl sites for hydroxylation is 1. The molecule has 2 aromatic heterocycles. The molecule has 0 radical (unpaired) electrons. The number of aromatic nitrogens is 3. The number of hydrogen-bond donors (Lipinski definition) is 3. The molecule has 3 aliphatic heterocycles. The van der Waals surface area contributed by atoms with E-state index in [-0.39, 0.29) is 17.9 Å². The third-order valence-corrected chi connectivity index (χ3v) is 6.84. The summed E-state index contributed by atoms with van der Waals surface area (Å²) in [5.41, 5.74) is 4.10. The largest absolute Gasteiger partial charge is 0.481 e. The van der Waals surface area contributed by atoms with E-state index in [0.29, 0.717) is 38.1 Å². The van der Waals surface area contributed by atoms with Crippen LogP contribution in [0.15, 0.2) is 18.6 Å². The lowest BCUT2D eigenvalue weighted by atomic mass is 9.99. The van der Waals surface area contributed by atoms with Gasteiger partial charge in [-0.2, -0.15) is 0 Å².